The Bertz CT molecular complexity index is 203. The summed E-state index contributed by atoms with van der Waals surface area (Å²) in [5.41, 5.74) is 0. The summed E-state index contributed by atoms with van der Waals surface area (Å²) in [6.45, 7) is 3.80. The summed E-state index contributed by atoms with van der Waals surface area (Å²) < 4.78 is 35.2. The van der Waals surface area contributed by atoms with Gasteiger partial charge in [-0.1, -0.05) is 6.08 Å². The van der Waals surface area contributed by atoms with Crippen molar-refractivity contribution in [2.24, 2.45) is 0 Å². The molecule has 14 heavy (non-hydrogen) atoms. The van der Waals surface area contributed by atoms with Crippen LogP contribution in [0.4, 0.5) is 13.2 Å². The molecule has 0 aromatic rings. The molecule has 0 aromatic heterocycles. The first-order chi connectivity index (χ1) is 6.37. The standard InChI is InChI=1S/C8H13F3N2O/c1-3-4-12-7(14)6(2)13-5-8(9,10)11/h3,6,13H,1,4-5H2,2H3,(H,12,14). The third-order valence-electron chi connectivity index (χ3n) is 1.42. The second kappa shape index (κ2) is 5.64. The molecule has 0 bridgehead atoms. The molecule has 1 unspecified atom stereocenters. The highest BCUT2D eigenvalue weighted by Crippen LogP contribution is 2.12. The van der Waals surface area contributed by atoms with Crippen LogP contribution >= 0.6 is 0 Å². The first-order valence-electron chi connectivity index (χ1n) is 4.05. The number of nitrogens with one attached hydrogen (secondary N) is 2. The molecule has 82 valence electrons. The minimum absolute atomic E-state index is 0.247. The van der Waals surface area contributed by atoms with Crippen LogP contribution in [-0.4, -0.2) is 31.2 Å². The van der Waals surface area contributed by atoms with E-state index >= 15 is 0 Å². The average Bonchev–Trinajstić information content (AvgIpc) is 2.09. The van der Waals surface area contributed by atoms with E-state index < -0.39 is 24.7 Å². The normalized spacial score (nSPS) is 13.4. The van der Waals surface area contributed by atoms with E-state index in [1.165, 1.54) is 13.0 Å². The predicted octanol–water partition coefficient (Wildman–Crippen LogP) is 0.829. The molecular formula is C8H13F3N2O. The van der Waals surface area contributed by atoms with Crippen molar-refractivity contribution in [3.05, 3.63) is 12.7 Å². The van der Waals surface area contributed by atoms with Gasteiger partial charge in [-0.2, -0.15) is 13.2 Å². The average molecular weight is 210 g/mol. The smallest absolute Gasteiger partial charge is 0.351 e. The van der Waals surface area contributed by atoms with E-state index in [1.54, 1.807) is 0 Å². The first-order valence-corrected chi connectivity index (χ1v) is 4.05. The van der Waals surface area contributed by atoms with Crippen LogP contribution in [0.1, 0.15) is 6.92 Å². The quantitative estimate of drug-likeness (QED) is 0.660. The predicted molar refractivity (Wildman–Crippen MR) is 46.7 cm³/mol. The number of hydrogen-bond acceptors (Lipinski definition) is 2. The van der Waals surface area contributed by atoms with Gasteiger partial charge in [0.15, 0.2) is 0 Å². The van der Waals surface area contributed by atoms with Gasteiger partial charge in [-0.3, -0.25) is 10.1 Å². The van der Waals surface area contributed by atoms with Gasteiger partial charge in [-0.25, -0.2) is 0 Å². The number of hydrogen-bond donors (Lipinski definition) is 2. The van der Waals surface area contributed by atoms with Crippen LogP contribution in [0.15, 0.2) is 12.7 Å². The molecule has 0 heterocycles. The Hall–Kier alpha value is -1.04. The number of halogens is 3. The Morgan fingerprint density at radius 1 is 1.57 bits per heavy atom. The van der Waals surface area contributed by atoms with E-state index in [0.717, 1.165) is 0 Å². The number of rotatable bonds is 5. The monoisotopic (exact) mass is 210 g/mol. The maximum Gasteiger partial charge on any atom is 0.401 e. The summed E-state index contributed by atoms with van der Waals surface area (Å²) >= 11 is 0. The van der Waals surface area contributed by atoms with Crippen LogP contribution in [0, 0.1) is 0 Å². The summed E-state index contributed by atoms with van der Waals surface area (Å²) in [5, 5.41) is 4.44. The van der Waals surface area contributed by atoms with Gasteiger partial charge in [0.1, 0.15) is 0 Å². The topological polar surface area (TPSA) is 41.1 Å². The largest absolute Gasteiger partial charge is 0.401 e. The number of alkyl halides is 3. The Balaban J connectivity index is 3.78. The van der Waals surface area contributed by atoms with Gasteiger partial charge >= 0.3 is 6.18 Å². The van der Waals surface area contributed by atoms with Crippen molar-refractivity contribution in [3.63, 3.8) is 0 Å². The highest BCUT2D eigenvalue weighted by Gasteiger charge is 2.28. The van der Waals surface area contributed by atoms with Crippen molar-refractivity contribution in [1.82, 2.24) is 10.6 Å². The fraction of sp³-hybridized carbons (Fsp3) is 0.625. The molecule has 6 heteroatoms. The molecular weight excluding hydrogens is 197 g/mol. The van der Waals surface area contributed by atoms with Gasteiger partial charge in [0.2, 0.25) is 5.91 Å². The molecule has 0 saturated carbocycles. The number of amides is 1. The van der Waals surface area contributed by atoms with Crippen LogP contribution in [0.25, 0.3) is 0 Å². The highest BCUT2D eigenvalue weighted by atomic mass is 19.4. The molecule has 2 N–H and O–H groups in total. The zero-order valence-electron chi connectivity index (χ0n) is 7.82. The molecule has 0 aliphatic heterocycles. The van der Waals surface area contributed by atoms with Crippen molar-refractivity contribution in [2.45, 2.75) is 19.1 Å². The summed E-state index contributed by atoms with van der Waals surface area (Å²) in [4.78, 5) is 11.0. The van der Waals surface area contributed by atoms with Gasteiger partial charge in [0.05, 0.1) is 12.6 Å². The molecule has 0 rings (SSSR count). The number of carbonyl (C=O) groups is 1. The lowest BCUT2D eigenvalue weighted by atomic mass is 10.3. The van der Waals surface area contributed by atoms with E-state index in [0.29, 0.717) is 0 Å². The maximum absolute atomic E-state index is 11.7. The van der Waals surface area contributed by atoms with Crippen molar-refractivity contribution in [1.29, 1.82) is 0 Å². The molecule has 0 aliphatic rings. The minimum atomic E-state index is -4.30. The van der Waals surface area contributed by atoms with Crippen molar-refractivity contribution < 1.29 is 18.0 Å². The van der Waals surface area contributed by atoms with Crippen LogP contribution in [0.2, 0.25) is 0 Å². The molecule has 0 spiro atoms. The molecule has 1 amide bonds. The lowest BCUT2D eigenvalue weighted by Crippen LogP contribution is -2.45. The lowest BCUT2D eigenvalue weighted by Gasteiger charge is -2.14. The molecule has 0 aromatic carbocycles. The van der Waals surface area contributed by atoms with Gasteiger partial charge in [-0.15, -0.1) is 6.58 Å². The van der Waals surface area contributed by atoms with E-state index in [2.05, 4.69) is 17.2 Å². The van der Waals surface area contributed by atoms with Crippen LogP contribution < -0.4 is 10.6 Å². The number of carbonyl (C=O) groups excluding carboxylic acids is 1. The summed E-state index contributed by atoms with van der Waals surface area (Å²) in [6.07, 6.45) is -2.85. The second-order valence-electron chi connectivity index (χ2n) is 2.75. The summed E-state index contributed by atoms with van der Waals surface area (Å²) in [6, 6.07) is -0.864. The zero-order chi connectivity index (χ0) is 11.2. The van der Waals surface area contributed by atoms with Crippen molar-refractivity contribution in [3.8, 4) is 0 Å². The molecule has 0 aliphatic carbocycles. The van der Waals surface area contributed by atoms with Gasteiger partial charge < -0.3 is 5.32 Å². The minimum Gasteiger partial charge on any atom is -0.351 e. The summed E-state index contributed by atoms with van der Waals surface area (Å²) in [7, 11) is 0. The Kier molecular flexibility index (Phi) is 5.22. The second-order valence-corrected chi connectivity index (χ2v) is 2.75. The Morgan fingerprint density at radius 2 is 2.14 bits per heavy atom. The molecule has 0 radical (unpaired) electrons. The first kappa shape index (κ1) is 13.0. The molecule has 0 fully saturated rings. The third kappa shape index (κ3) is 6.47. The molecule has 3 nitrogen and oxygen atoms in total. The highest BCUT2D eigenvalue weighted by molar-refractivity contribution is 5.81. The van der Waals surface area contributed by atoms with Crippen molar-refractivity contribution in [2.75, 3.05) is 13.1 Å². The van der Waals surface area contributed by atoms with Crippen LogP contribution in [0.3, 0.4) is 0 Å². The van der Waals surface area contributed by atoms with E-state index in [9.17, 15) is 18.0 Å². The van der Waals surface area contributed by atoms with Crippen LogP contribution in [-0.2, 0) is 4.79 Å². The fourth-order valence-corrected chi connectivity index (χ4v) is 0.687. The van der Waals surface area contributed by atoms with Gasteiger partial charge in [0.25, 0.3) is 0 Å². The van der Waals surface area contributed by atoms with E-state index in [1.807, 2.05) is 0 Å². The lowest BCUT2D eigenvalue weighted by molar-refractivity contribution is -0.131. The van der Waals surface area contributed by atoms with Crippen LogP contribution in [0.5, 0.6) is 0 Å². The fourth-order valence-electron chi connectivity index (χ4n) is 0.687. The zero-order valence-corrected chi connectivity index (χ0v) is 7.82. The third-order valence-corrected chi connectivity index (χ3v) is 1.42. The SMILES string of the molecule is C=CCNC(=O)C(C)NCC(F)(F)F. The van der Waals surface area contributed by atoms with Crippen molar-refractivity contribution >= 4 is 5.91 Å². The van der Waals surface area contributed by atoms with E-state index in [4.69, 9.17) is 0 Å². The van der Waals surface area contributed by atoms with Gasteiger partial charge in [-0.05, 0) is 6.92 Å². The Morgan fingerprint density at radius 3 is 2.57 bits per heavy atom. The summed E-state index contributed by atoms with van der Waals surface area (Å²) in [5.74, 6) is -0.478. The van der Waals surface area contributed by atoms with E-state index in [-0.39, 0.29) is 6.54 Å². The Labute approximate surface area is 80.4 Å². The molecule has 1 atom stereocenters. The molecule has 0 saturated heterocycles. The van der Waals surface area contributed by atoms with Gasteiger partial charge in [0, 0.05) is 6.54 Å². The maximum atomic E-state index is 11.7.